The van der Waals surface area contributed by atoms with Crippen molar-refractivity contribution in [1.82, 2.24) is 14.9 Å². The number of hydrogen-bond acceptors (Lipinski definition) is 6. The summed E-state index contributed by atoms with van der Waals surface area (Å²) in [5.74, 6) is 1.66. The summed E-state index contributed by atoms with van der Waals surface area (Å²) in [6.45, 7) is 7.56. The number of rotatable bonds is 4. The standard InChI is InChI=1S/C19H26N4O2S/c1-12-5-7-23(8-6-12)19(24)16-13(2)15-17(21-11-22-18(15)26-16)20-10-14-4-3-9-25-14/h11-12,14H,3-10H2,1-2H3,(H,20,21,22)/t14-/m0/s1. The van der Waals surface area contributed by atoms with Crippen LogP contribution in [0.25, 0.3) is 10.2 Å². The molecule has 6 nitrogen and oxygen atoms in total. The van der Waals surface area contributed by atoms with E-state index < -0.39 is 0 Å². The number of ether oxygens (including phenoxy) is 1. The lowest BCUT2D eigenvalue weighted by Gasteiger charge is -2.30. The molecule has 2 aromatic rings. The van der Waals surface area contributed by atoms with Crippen molar-refractivity contribution in [3.8, 4) is 0 Å². The molecule has 140 valence electrons. The highest BCUT2D eigenvalue weighted by Gasteiger charge is 2.26. The minimum Gasteiger partial charge on any atom is -0.376 e. The van der Waals surface area contributed by atoms with Gasteiger partial charge in [0.05, 0.1) is 16.4 Å². The van der Waals surface area contributed by atoms with Gasteiger partial charge in [0.2, 0.25) is 0 Å². The van der Waals surface area contributed by atoms with E-state index in [0.717, 1.165) is 78.4 Å². The van der Waals surface area contributed by atoms with Crippen LogP contribution in [0.2, 0.25) is 0 Å². The molecule has 2 fully saturated rings. The summed E-state index contributed by atoms with van der Waals surface area (Å²) in [4.78, 5) is 25.5. The topological polar surface area (TPSA) is 67.4 Å². The minimum atomic E-state index is 0.141. The zero-order valence-corrected chi connectivity index (χ0v) is 16.3. The van der Waals surface area contributed by atoms with Gasteiger partial charge in [-0.1, -0.05) is 6.92 Å². The first-order chi connectivity index (χ1) is 12.6. The molecular weight excluding hydrogens is 348 g/mol. The number of thiophene rings is 1. The fourth-order valence-corrected chi connectivity index (χ4v) is 4.90. The van der Waals surface area contributed by atoms with Crippen LogP contribution in [0.15, 0.2) is 6.33 Å². The van der Waals surface area contributed by atoms with Gasteiger partial charge in [-0.2, -0.15) is 0 Å². The number of piperidine rings is 1. The molecule has 2 saturated heterocycles. The molecule has 1 amide bonds. The number of carbonyl (C=O) groups is 1. The van der Waals surface area contributed by atoms with Gasteiger partial charge in [-0.15, -0.1) is 11.3 Å². The number of hydrogen-bond donors (Lipinski definition) is 1. The van der Waals surface area contributed by atoms with Crippen LogP contribution in [0.1, 0.15) is 47.8 Å². The van der Waals surface area contributed by atoms with Crippen LogP contribution in [0.4, 0.5) is 5.82 Å². The summed E-state index contributed by atoms with van der Waals surface area (Å²) < 4.78 is 5.68. The Balaban J connectivity index is 1.57. The van der Waals surface area contributed by atoms with Gasteiger partial charge in [0.15, 0.2) is 0 Å². The maximum Gasteiger partial charge on any atom is 0.264 e. The van der Waals surface area contributed by atoms with Gasteiger partial charge in [-0.3, -0.25) is 4.79 Å². The Morgan fingerprint density at radius 3 is 2.88 bits per heavy atom. The largest absolute Gasteiger partial charge is 0.376 e. The van der Waals surface area contributed by atoms with Crippen LogP contribution >= 0.6 is 11.3 Å². The maximum atomic E-state index is 13.0. The monoisotopic (exact) mass is 374 g/mol. The van der Waals surface area contributed by atoms with E-state index in [1.165, 1.54) is 11.3 Å². The number of aromatic nitrogens is 2. The fourth-order valence-electron chi connectivity index (χ4n) is 3.78. The first kappa shape index (κ1) is 17.7. The molecule has 26 heavy (non-hydrogen) atoms. The smallest absolute Gasteiger partial charge is 0.264 e. The van der Waals surface area contributed by atoms with E-state index in [0.29, 0.717) is 5.92 Å². The van der Waals surface area contributed by atoms with E-state index in [-0.39, 0.29) is 12.0 Å². The minimum absolute atomic E-state index is 0.141. The van der Waals surface area contributed by atoms with Crippen LogP contribution in [-0.2, 0) is 4.74 Å². The van der Waals surface area contributed by atoms with Gasteiger partial charge in [0, 0.05) is 26.2 Å². The predicted octanol–water partition coefficient (Wildman–Crippen LogP) is 3.46. The second-order valence-electron chi connectivity index (χ2n) is 7.45. The average molecular weight is 375 g/mol. The molecule has 0 spiro atoms. The summed E-state index contributed by atoms with van der Waals surface area (Å²) in [6, 6.07) is 0. The van der Waals surface area contributed by atoms with Crippen LogP contribution < -0.4 is 5.32 Å². The lowest BCUT2D eigenvalue weighted by Crippen LogP contribution is -2.37. The van der Waals surface area contributed by atoms with Crippen molar-refractivity contribution >= 4 is 33.3 Å². The summed E-state index contributed by atoms with van der Waals surface area (Å²) in [7, 11) is 0. The van der Waals surface area contributed by atoms with Crippen LogP contribution in [-0.4, -0.2) is 53.1 Å². The zero-order chi connectivity index (χ0) is 18.1. The third-order valence-corrected chi connectivity index (χ3v) is 6.70. The highest BCUT2D eigenvalue weighted by atomic mass is 32.1. The summed E-state index contributed by atoms with van der Waals surface area (Å²) in [6.07, 6.45) is 6.20. The number of fused-ring (bicyclic) bond motifs is 1. The molecule has 1 atom stereocenters. The number of likely N-dealkylation sites (tertiary alicyclic amines) is 1. The van der Waals surface area contributed by atoms with Crippen molar-refractivity contribution < 1.29 is 9.53 Å². The number of amides is 1. The third kappa shape index (κ3) is 3.42. The summed E-state index contributed by atoms with van der Waals surface area (Å²) in [5, 5.41) is 4.39. The highest BCUT2D eigenvalue weighted by Crippen LogP contribution is 2.34. The predicted molar refractivity (Wildman–Crippen MR) is 104 cm³/mol. The maximum absolute atomic E-state index is 13.0. The lowest BCUT2D eigenvalue weighted by atomic mass is 9.99. The molecule has 4 rings (SSSR count). The van der Waals surface area contributed by atoms with Crippen LogP contribution in [0.3, 0.4) is 0 Å². The van der Waals surface area contributed by atoms with E-state index in [4.69, 9.17) is 4.74 Å². The van der Waals surface area contributed by atoms with Gasteiger partial charge < -0.3 is 15.0 Å². The number of carbonyl (C=O) groups excluding carboxylic acids is 1. The van der Waals surface area contributed by atoms with E-state index in [1.54, 1.807) is 6.33 Å². The quantitative estimate of drug-likeness (QED) is 0.888. The molecule has 0 unspecified atom stereocenters. The third-order valence-electron chi connectivity index (χ3n) is 5.51. The van der Waals surface area contributed by atoms with E-state index in [2.05, 4.69) is 22.2 Å². The molecule has 2 aliphatic rings. The molecule has 0 radical (unpaired) electrons. The number of nitrogens with zero attached hydrogens (tertiary/aromatic N) is 3. The van der Waals surface area contributed by atoms with Crippen LogP contribution in [0.5, 0.6) is 0 Å². The Morgan fingerprint density at radius 1 is 1.35 bits per heavy atom. The van der Waals surface area contributed by atoms with Gasteiger partial charge in [-0.05, 0) is 44.1 Å². The Kier molecular flexibility index (Phi) is 5.09. The highest BCUT2D eigenvalue weighted by molar-refractivity contribution is 7.20. The average Bonchev–Trinajstić information content (AvgIpc) is 3.28. The zero-order valence-electron chi connectivity index (χ0n) is 15.5. The van der Waals surface area contributed by atoms with Crippen molar-refractivity contribution in [2.75, 3.05) is 31.6 Å². The van der Waals surface area contributed by atoms with Gasteiger partial charge >= 0.3 is 0 Å². The summed E-state index contributed by atoms with van der Waals surface area (Å²) in [5.41, 5.74) is 0.990. The van der Waals surface area contributed by atoms with E-state index >= 15 is 0 Å². The van der Waals surface area contributed by atoms with Crippen molar-refractivity contribution in [3.63, 3.8) is 0 Å². The van der Waals surface area contributed by atoms with Crippen LogP contribution in [0, 0.1) is 12.8 Å². The Morgan fingerprint density at radius 2 is 2.15 bits per heavy atom. The molecule has 0 aliphatic carbocycles. The van der Waals surface area contributed by atoms with E-state index in [9.17, 15) is 4.79 Å². The molecule has 1 N–H and O–H groups in total. The second kappa shape index (κ2) is 7.48. The molecule has 7 heteroatoms. The molecule has 0 bridgehead atoms. The molecule has 0 saturated carbocycles. The van der Waals surface area contributed by atoms with Crippen molar-refractivity contribution in [3.05, 3.63) is 16.8 Å². The summed E-state index contributed by atoms with van der Waals surface area (Å²) >= 11 is 1.49. The van der Waals surface area contributed by atoms with Gasteiger partial charge in [0.1, 0.15) is 17.0 Å². The van der Waals surface area contributed by atoms with Crippen molar-refractivity contribution in [1.29, 1.82) is 0 Å². The Bertz CT molecular complexity index is 792. The molecule has 0 aromatic carbocycles. The number of anilines is 1. The second-order valence-corrected chi connectivity index (χ2v) is 8.45. The lowest BCUT2D eigenvalue weighted by molar-refractivity contribution is 0.0701. The fraction of sp³-hybridized carbons (Fsp3) is 0.632. The van der Waals surface area contributed by atoms with Gasteiger partial charge in [0.25, 0.3) is 5.91 Å². The first-order valence-corrected chi connectivity index (χ1v) is 10.3. The van der Waals surface area contributed by atoms with Crippen molar-refractivity contribution in [2.24, 2.45) is 5.92 Å². The number of nitrogens with one attached hydrogen (secondary N) is 1. The number of aryl methyl sites for hydroxylation is 1. The first-order valence-electron chi connectivity index (χ1n) is 9.52. The molecule has 2 aliphatic heterocycles. The molecule has 4 heterocycles. The van der Waals surface area contributed by atoms with Gasteiger partial charge in [-0.25, -0.2) is 9.97 Å². The molecule has 2 aromatic heterocycles. The molecular formula is C19H26N4O2S. The SMILES string of the molecule is Cc1c(C(=O)N2CCC(C)CC2)sc2ncnc(NC[C@@H]3CCCO3)c12. The van der Waals surface area contributed by atoms with E-state index in [1.807, 2.05) is 11.8 Å². The Labute approximate surface area is 158 Å². The Hall–Kier alpha value is -1.73. The van der Waals surface area contributed by atoms with Crippen molar-refractivity contribution in [2.45, 2.75) is 45.6 Å². The normalized spacial score (nSPS) is 21.5.